The first-order chi connectivity index (χ1) is 11.8. The second-order valence-corrected chi connectivity index (χ2v) is 5.15. The lowest BCUT2D eigenvalue weighted by Gasteiger charge is -2.07. The molecule has 132 valence electrons. The van der Waals surface area contributed by atoms with E-state index in [0.29, 0.717) is 11.8 Å². The normalized spacial score (nSPS) is 11.5. The lowest BCUT2D eigenvalue weighted by Crippen LogP contribution is -2.20. The molecule has 2 rings (SSSR count). The fraction of sp³-hybridized carbons (Fsp3) is 0.133. The number of nitrogens with zero attached hydrogens (tertiary/aromatic N) is 2. The molecule has 0 unspecified atom stereocenters. The van der Waals surface area contributed by atoms with E-state index >= 15 is 0 Å². The van der Waals surface area contributed by atoms with E-state index in [-0.39, 0.29) is 23.2 Å². The van der Waals surface area contributed by atoms with Crippen molar-refractivity contribution in [3.63, 3.8) is 0 Å². The predicted molar refractivity (Wildman–Crippen MR) is 86.6 cm³/mol. The Morgan fingerprint density at radius 2 is 2.12 bits per heavy atom. The van der Waals surface area contributed by atoms with Crippen LogP contribution in [0.2, 0.25) is 5.02 Å². The van der Waals surface area contributed by atoms with E-state index < -0.39 is 17.6 Å². The number of hydrogen-bond donors (Lipinski definition) is 2. The summed E-state index contributed by atoms with van der Waals surface area (Å²) < 4.78 is 42.4. The van der Waals surface area contributed by atoms with Gasteiger partial charge in [-0.15, -0.1) is 0 Å². The lowest BCUT2D eigenvalue weighted by atomic mass is 10.2. The highest BCUT2D eigenvalue weighted by Crippen LogP contribution is 2.29. The molecule has 0 saturated heterocycles. The number of nitrogens with one attached hydrogen (secondary N) is 1. The third kappa shape index (κ3) is 5.64. The van der Waals surface area contributed by atoms with E-state index in [4.69, 9.17) is 22.1 Å². The molecule has 3 N–H and O–H groups in total. The van der Waals surface area contributed by atoms with Gasteiger partial charge in [0.25, 0.3) is 5.91 Å². The Morgan fingerprint density at radius 1 is 1.36 bits per heavy atom. The van der Waals surface area contributed by atoms with Crippen molar-refractivity contribution in [1.29, 1.82) is 0 Å². The predicted octanol–water partition coefficient (Wildman–Crippen LogP) is 3.06. The monoisotopic (exact) mass is 372 g/mol. The second-order valence-electron chi connectivity index (χ2n) is 4.74. The molecule has 0 aliphatic heterocycles. The number of nitrogens with two attached hydrogens (primary N) is 1. The van der Waals surface area contributed by atoms with E-state index in [1.54, 1.807) is 6.07 Å². The number of aromatic nitrogens is 1. The highest BCUT2D eigenvalue weighted by Gasteiger charge is 2.30. The third-order valence-corrected chi connectivity index (χ3v) is 3.10. The standard InChI is InChI=1S/C15H12ClF3N4O2/c16-11-5-9(1-3-12(11)25-8-13(20)24)6-22-23-14-4-2-10(7-21-14)15(17,18)19/h1-7H,8H2,(H2,20,24)(H,21,23). The fourth-order valence-electron chi connectivity index (χ4n) is 1.66. The Balaban J connectivity index is 1.97. The van der Waals surface area contributed by atoms with E-state index in [2.05, 4.69) is 15.5 Å². The van der Waals surface area contributed by atoms with E-state index in [9.17, 15) is 18.0 Å². The first-order valence-corrected chi connectivity index (χ1v) is 7.16. The number of amides is 1. The summed E-state index contributed by atoms with van der Waals surface area (Å²) in [5.74, 6) is -0.193. The molecule has 6 nitrogen and oxygen atoms in total. The Kier molecular flexibility index (Phi) is 5.81. The maximum Gasteiger partial charge on any atom is 0.417 e. The number of benzene rings is 1. The van der Waals surface area contributed by atoms with Crippen molar-refractivity contribution >= 4 is 29.5 Å². The number of ether oxygens (including phenoxy) is 1. The van der Waals surface area contributed by atoms with Gasteiger partial charge in [-0.3, -0.25) is 10.2 Å². The molecule has 0 atom stereocenters. The van der Waals surface area contributed by atoms with Crippen LogP contribution in [0.4, 0.5) is 19.0 Å². The van der Waals surface area contributed by atoms with Crippen molar-refractivity contribution in [3.05, 3.63) is 52.7 Å². The largest absolute Gasteiger partial charge is 0.482 e. The van der Waals surface area contributed by atoms with Crippen LogP contribution in [0.3, 0.4) is 0 Å². The third-order valence-electron chi connectivity index (χ3n) is 2.81. The molecular weight excluding hydrogens is 361 g/mol. The summed E-state index contributed by atoms with van der Waals surface area (Å²) in [4.78, 5) is 14.3. The van der Waals surface area contributed by atoms with Gasteiger partial charge in [-0.2, -0.15) is 18.3 Å². The highest BCUT2D eigenvalue weighted by atomic mass is 35.5. The molecule has 1 aromatic carbocycles. The van der Waals surface area contributed by atoms with Crippen LogP contribution in [0.1, 0.15) is 11.1 Å². The number of alkyl halides is 3. The number of anilines is 1. The maximum absolute atomic E-state index is 12.4. The minimum atomic E-state index is -4.44. The number of rotatable bonds is 6. The zero-order valence-corrected chi connectivity index (χ0v) is 13.3. The van der Waals surface area contributed by atoms with Crippen LogP contribution in [0.5, 0.6) is 5.75 Å². The number of carbonyl (C=O) groups is 1. The summed E-state index contributed by atoms with van der Waals surface area (Å²) in [6.45, 7) is -0.297. The van der Waals surface area contributed by atoms with E-state index in [1.165, 1.54) is 18.3 Å². The molecule has 0 spiro atoms. The van der Waals surface area contributed by atoms with Crippen LogP contribution in [-0.4, -0.2) is 23.7 Å². The van der Waals surface area contributed by atoms with Gasteiger partial charge in [0.05, 0.1) is 16.8 Å². The SMILES string of the molecule is NC(=O)COc1ccc(C=NNc2ccc(C(F)(F)F)cn2)cc1Cl. The summed E-state index contributed by atoms with van der Waals surface area (Å²) >= 11 is 5.99. The van der Waals surface area contributed by atoms with Crippen molar-refractivity contribution in [1.82, 2.24) is 4.98 Å². The number of pyridine rings is 1. The van der Waals surface area contributed by atoms with Crippen molar-refractivity contribution in [2.75, 3.05) is 12.0 Å². The molecule has 1 aromatic heterocycles. The highest BCUT2D eigenvalue weighted by molar-refractivity contribution is 6.32. The molecule has 2 aromatic rings. The molecule has 10 heteroatoms. The molecule has 0 radical (unpaired) electrons. The van der Waals surface area contributed by atoms with Crippen LogP contribution in [0.15, 0.2) is 41.6 Å². The maximum atomic E-state index is 12.4. The number of carbonyl (C=O) groups excluding carboxylic acids is 1. The Labute approximate surface area is 145 Å². The van der Waals surface area contributed by atoms with Gasteiger partial charge >= 0.3 is 6.18 Å². The molecule has 1 amide bonds. The molecule has 0 aliphatic carbocycles. The molecule has 0 aliphatic rings. The minimum Gasteiger partial charge on any atom is -0.482 e. The minimum absolute atomic E-state index is 0.150. The van der Waals surface area contributed by atoms with Gasteiger partial charge in [0.15, 0.2) is 6.61 Å². The zero-order valence-electron chi connectivity index (χ0n) is 12.5. The first kappa shape index (κ1) is 18.5. The van der Waals surface area contributed by atoms with Crippen LogP contribution < -0.4 is 15.9 Å². The quantitative estimate of drug-likeness (QED) is 0.602. The average molecular weight is 373 g/mol. The van der Waals surface area contributed by atoms with Crippen LogP contribution in [0, 0.1) is 0 Å². The number of primary amides is 1. The smallest absolute Gasteiger partial charge is 0.417 e. The van der Waals surface area contributed by atoms with Crippen LogP contribution >= 0.6 is 11.6 Å². The molecule has 0 saturated carbocycles. The van der Waals surface area contributed by atoms with Gasteiger partial charge in [0, 0.05) is 6.20 Å². The number of hydrogen-bond acceptors (Lipinski definition) is 5. The van der Waals surface area contributed by atoms with E-state index in [1.807, 2.05) is 0 Å². The Bertz CT molecular complexity index is 779. The number of halogens is 4. The summed E-state index contributed by atoms with van der Waals surface area (Å²) in [5, 5.41) is 4.10. The molecule has 1 heterocycles. The summed E-state index contributed by atoms with van der Waals surface area (Å²) in [5.41, 5.74) is 7.22. The van der Waals surface area contributed by atoms with Crippen LogP contribution in [-0.2, 0) is 11.0 Å². The average Bonchev–Trinajstić information content (AvgIpc) is 2.53. The Morgan fingerprint density at radius 3 is 2.68 bits per heavy atom. The van der Waals surface area contributed by atoms with Crippen molar-refractivity contribution in [2.24, 2.45) is 10.8 Å². The summed E-state index contributed by atoms with van der Waals surface area (Å²) in [6.07, 6.45) is -2.34. The number of hydrazone groups is 1. The van der Waals surface area contributed by atoms with E-state index in [0.717, 1.165) is 12.1 Å². The van der Waals surface area contributed by atoms with Crippen LogP contribution in [0.25, 0.3) is 0 Å². The second kappa shape index (κ2) is 7.84. The molecular formula is C15H12ClF3N4O2. The fourth-order valence-corrected chi connectivity index (χ4v) is 1.91. The first-order valence-electron chi connectivity index (χ1n) is 6.78. The summed E-state index contributed by atoms with van der Waals surface area (Å²) in [7, 11) is 0. The molecule has 0 fully saturated rings. The summed E-state index contributed by atoms with van der Waals surface area (Å²) in [6, 6.07) is 6.74. The van der Waals surface area contributed by atoms with Gasteiger partial charge in [0.2, 0.25) is 0 Å². The van der Waals surface area contributed by atoms with Gasteiger partial charge in [0.1, 0.15) is 11.6 Å². The Hall–Kier alpha value is -2.81. The van der Waals surface area contributed by atoms with Gasteiger partial charge in [-0.1, -0.05) is 11.6 Å². The topological polar surface area (TPSA) is 89.6 Å². The van der Waals surface area contributed by atoms with Crippen molar-refractivity contribution in [2.45, 2.75) is 6.18 Å². The zero-order chi connectivity index (χ0) is 18.4. The molecule has 25 heavy (non-hydrogen) atoms. The van der Waals surface area contributed by atoms with Gasteiger partial charge < -0.3 is 10.5 Å². The van der Waals surface area contributed by atoms with Crippen molar-refractivity contribution < 1.29 is 22.7 Å². The van der Waals surface area contributed by atoms with Gasteiger partial charge in [-0.25, -0.2) is 4.98 Å². The van der Waals surface area contributed by atoms with Gasteiger partial charge in [-0.05, 0) is 35.9 Å². The van der Waals surface area contributed by atoms with Crippen molar-refractivity contribution in [3.8, 4) is 5.75 Å². The lowest BCUT2D eigenvalue weighted by molar-refractivity contribution is -0.137. The molecule has 0 bridgehead atoms.